The molecule has 0 radical (unpaired) electrons. The Kier molecular flexibility index (Phi) is 5.59. The van der Waals surface area contributed by atoms with Crippen LogP contribution in [0.5, 0.6) is 5.88 Å². The fourth-order valence-electron chi connectivity index (χ4n) is 3.61. The molecule has 1 heterocycles. The van der Waals surface area contributed by atoms with E-state index in [1.54, 1.807) is 0 Å². The third-order valence-electron chi connectivity index (χ3n) is 5.18. The molecule has 0 aliphatic heterocycles. The zero-order valence-corrected chi connectivity index (χ0v) is 15.9. The highest BCUT2D eigenvalue weighted by Crippen LogP contribution is 2.34. The molecule has 1 aromatic heterocycles. The highest BCUT2D eigenvalue weighted by Gasteiger charge is 2.26. The number of nitro benzene ring substituents is 2. The van der Waals surface area contributed by atoms with Gasteiger partial charge in [0.2, 0.25) is 5.88 Å². The van der Waals surface area contributed by atoms with E-state index in [2.05, 4.69) is 4.99 Å². The van der Waals surface area contributed by atoms with Gasteiger partial charge in [0, 0.05) is 18.3 Å². The number of benzene rings is 1. The van der Waals surface area contributed by atoms with Crippen LogP contribution in [0.4, 0.5) is 17.1 Å². The first-order chi connectivity index (χ1) is 14.3. The summed E-state index contributed by atoms with van der Waals surface area (Å²) in [6, 6.07) is 4.60. The van der Waals surface area contributed by atoms with Crippen molar-refractivity contribution in [1.82, 2.24) is 4.57 Å². The lowest BCUT2D eigenvalue weighted by Crippen LogP contribution is -2.28. The Morgan fingerprint density at radius 2 is 1.93 bits per heavy atom. The highest BCUT2D eigenvalue weighted by atomic mass is 16.6. The zero-order chi connectivity index (χ0) is 22.0. The van der Waals surface area contributed by atoms with Gasteiger partial charge in [0.15, 0.2) is 0 Å². The van der Waals surface area contributed by atoms with Gasteiger partial charge in [0.05, 0.1) is 21.5 Å². The molecule has 0 amide bonds. The predicted octanol–water partition coefficient (Wildman–Crippen LogP) is 3.42. The molecule has 154 valence electrons. The molecule has 0 saturated heterocycles. The maximum atomic E-state index is 12.7. The highest BCUT2D eigenvalue weighted by molar-refractivity contribution is 5.88. The third kappa shape index (κ3) is 3.62. The summed E-state index contributed by atoms with van der Waals surface area (Å²) >= 11 is 0. The molecule has 2 aromatic rings. The smallest absolute Gasteiger partial charge is 0.301 e. The van der Waals surface area contributed by atoms with Crippen LogP contribution < -0.4 is 5.56 Å². The van der Waals surface area contributed by atoms with Crippen LogP contribution in [-0.2, 0) is 0 Å². The number of aromatic hydroxyl groups is 1. The summed E-state index contributed by atoms with van der Waals surface area (Å²) in [6.07, 6.45) is 4.29. The first-order valence-electron chi connectivity index (χ1n) is 9.11. The number of pyridine rings is 1. The van der Waals surface area contributed by atoms with Crippen LogP contribution in [-0.4, -0.2) is 25.7 Å². The van der Waals surface area contributed by atoms with Crippen molar-refractivity contribution in [1.29, 1.82) is 5.26 Å². The van der Waals surface area contributed by atoms with E-state index in [1.807, 2.05) is 6.07 Å². The number of hydrogen-bond acceptors (Lipinski definition) is 8. The molecule has 1 aliphatic rings. The molecule has 3 rings (SSSR count). The van der Waals surface area contributed by atoms with Crippen molar-refractivity contribution in [3.63, 3.8) is 0 Å². The molecule has 11 heteroatoms. The number of rotatable bonds is 5. The molecule has 1 aromatic carbocycles. The second-order valence-electron chi connectivity index (χ2n) is 6.91. The maximum Gasteiger partial charge on any atom is 0.301 e. The average molecular weight is 411 g/mol. The van der Waals surface area contributed by atoms with Crippen LogP contribution in [0.1, 0.15) is 48.4 Å². The molecule has 1 aliphatic carbocycles. The maximum absolute atomic E-state index is 12.7. The molecule has 1 N–H and O–H groups in total. The Labute approximate surface area is 169 Å². The van der Waals surface area contributed by atoms with Crippen LogP contribution in [0.25, 0.3) is 0 Å². The monoisotopic (exact) mass is 411 g/mol. The number of nitro groups is 2. The minimum atomic E-state index is -0.799. The van der Waals surface area contributed by atoms with Gasteiger partial charge in [-0.05, 0) is 31.4 Å². The lowest BCUT2D eigenvalue weighted by molar-refractivity contribution is -0.393. The van der Waals surface area contributed by atoms with Gasteiger partial charge in [-0.3, -0.25) is 29.6 Å². The summed E-state index contributed by atoms with van der Waals surface area (Å²) in [4.78, 5) is 37.3. The Balaban J connectivity index is 2.16. The van der Waals surface area contributed by atoms with E-state index in [9.17, 15) is 35.4 Å². The lowest BCUT2D eigenvalue weighted by atomic mass is 10.0. The Bertz CT molecular complexity index is 1170. The Morgan fingerprint density at radius 3 is 2.50 bits per heavy atom. The summed E-state index contributed by atoms with van der Waals surface area (Å²) in [6.45, 7) is 1.48. The number of non-ortho nitro benzene ring substituents is 1. The van der Waals surface area contributed by atoms with Crippen LogP contribution in [0.3, 0.4) is 0 Å². The molecule has 1 saturated carbocycles. The van der Waals surface area contributed by atoms with Crippen molar-refractivity contribution < 1.29 is 15.0 Å². The van der Waals surface area contributed by atoms with E-state index in [4.69, 9.17) is 0 Å². The van der Waals surface area contributed by atoms with Gasteiger partial charge < -0.3 is 5.11 Å². The molecule has 11 nitrogen and oxygen atoms in total. The summed E-state index contributed by atoms with van der Waals surface area (Å²) in [7, 11) is 0. The molecular weight excluding hydrogens is 394 g/mol. The van der Waals surface area contributed by atoms with E-state index < -0.39 is 26.8 Å². The SMILES string of the molecule is Cc1c(C=Nc2ccc([N+](=O)[O-])cc2[N+](=O)[O-])c(O)n(C2CCCC2)c(=O)c1C#N. The number of hydrogen-bond donors (Lipinski definition) is 1. The minimum Gasteiger partial charge on any atom is -0.494 e. The minimum absolute atomic E-state index is 0.0886. The van der Waals surface area contributed by atoms with Crippen LogP contribution in [0.15, 0.2) is 28.0 Å². The molecule has 0 unspecified atom stereocenters. The van der Waals surface area contributed by atoms with Crippen molar-refractivity contribution in [2.24, 2.45) is 4.99 Å². The van der Waals surface area contributed by atoms with Gasteiger partial charge in [-0.1, -0.05) is 12.8 Å². The van der Waals surface area contributed by atoms with Gasteiger partial charge in [-0.15, -0.1) is 0 Å². The number of nitrogens with zero attached hydrogens (tertiary/aromatic N) is 5. The first-order valence-corrected chi connectivity index (χ1v) is 9.11. The Hall–Kier alpha value is -4.07. The largest absolute Gasteiger partial charge is 0.494 e. The van der Waals surface area contributed by atoms with Crippen molar-refractivity contribution in [3.8, 4) is 11.9 Å². The van der Waals surface area contributed by atoms with Gasteiger partial charge in [0.1, 0.15) is 17.3 Å². The van der Waals surface area contributed by atoms with Crippen molar-refractivity contribution in [2.45, 2.75) is 38.6 Å². The predicted molar refractivity (Wildman–Crippen MR) is 106 cm³/mol. The average Bonchev–Trinajstić information content (AvgIpc) is 3.22. The molecule has 1 fully saturated rings. The second-order valence-corrected chi connectivity index (χ2v) is 6.91. The summed E-state index contributed by atoms with van der Waals surface area (Å²) in [5, 5.41) is 42.3. The van der Waals surface area contributed by atoms with E-state index in [1.165, 1.54) is 11.5 Å². The Morgan fingerprint density at radius 1 is 1.27 bits per heavy atom. The van der Waals surface area contributed by atoms with Gasteiger partial charge in [-0.2, -0.15) is 5.26 Å². The lowest BCUT2D eigenvalue weighted by Gasteiger charge is -2.19. The molecule has 0 bridgehead atoms. The second kappa shape index (κ2) is 8.12. The van der Waals surface area contributed by atoms with Crippen LogP contribution in [0, 0.1) is 38.5 Å². The molecule has 0 spiro atoms. The molecule has 0 atom stereocenters. The normalized spacial score (nSPS) is 14.1. The quantitative estimate of drug-likeness (QED) is 0.447. The van der Waals surface area contributed by atoms with Crippen LogP contribution >= 0.6 is 0 Å². The number of aliphatic imine (C=N–C) groups is 1. The van der Waals surface area contributed by atoms with Crippen molar-refractivity contribution in [2.75, 3.05) is 0 Å². The molecular formula is C19H17N5O6. The van der Waals surface area contributed by atoms with Crippen molar-refractivity contribution in [3.05, 3.63) is 65.5 Å². The number of nitriles is 1. The topological polar surface area (TPSA) is 165 Å². The first kappa shape index (κ1) is 20.7. The standard InChI is InChI=1S/C19H17N5O6/c1-11-14(9-20)18(25)22(12-4-2-3-5-12)19(26)15(11)10-21-16-7-6-13(23(27)28)8-17(16)24(29)30/h6-8,10,12,26H,2-5H2,1H3. The van der Waals surface area contributed by atoms with Gasteiger partial charge in [-0.25, -0.2) is 4.99 Å². The fourth-order valence-corrected chi connectivity index (χ4v) is 3.61. The summed E-state index contributed by atoms with van der Waals surface area (Å²) in [5.41, 5.74) is -1.64. The van der Waals surface area contributed by atoms with Gasteiger partial charge in [0.25, 0.3) is 11.2 Å². The van der Waals surface area contributed by atoms with E-state index in [-0.39, 0.29) is 34.3 Å². The summed E-state index contributed by atoms with van der Waals surface area (Å²) < 4.78 is 1.18. The van der Waals surface area contributed by atoms with Crippen LogP contribution in [0.2, 0.25) is 0 Å². The molecule has 30 heavy (non-hydrogen) atoms. The third-order valence-corrected chi connectivity index (χ3v) is 5.18. The van der Waals surface area contributed by atoms with E-state index in [0.29, 0.717) is 12.8 Å². The van der Waals surface area contributed by atoms with Gasteiger partial charge >= 0.3 is 5.69 Å². The summed E-state index contributed by atoms with van der Waals surface area (Å²) in [5.74, 6) is -0.364. The van der Waals surface area contributed by atoms with E-state index >= 15 is 0 Å². The van der Waals surface area contributed by atoms with Crippen molar-refractivity contribution >= 4 is 23.3 Å². The van der Waals surface area contributed by atoms with E-state index in [0.717, 1.165) is 37.3 Å². The fraction of sp³-hybridized carbons (Fsp3) is 0.316. The number of aromatic nitrogens is 1. The zero-order valence-electron chi connectivity index (χ0n) is 15.9.